The van der Waals surface area contributed by atoms with Crippen molar-refractivity contribution in [2.75, 3.05) is 45.8 Å². The first-order chi connectivity index (χ1) is 18.1. The first-order valence-corrected chi connectivity index (χ1v) is 13.4. The highest BCUT2D eigenvalue weighted by Crippen LogP contribution is 2.33. The van der Waals surface area contributed by atoms with Crippen LogP contribution in [0.15, 0.2) is 53.8 Å². The van der Waals surface area contributed by atoms with Crippen LogP contribution in [0.3, 0.4) is 0 Å². The lowest BCUT2D eigenvalue weighted by atomic mass is 9.88. The number of rotatable bonds is 8. The molecule has 0 spiro atoms. The quantitative estimate of drug-likeness (QED) is 0.555. The van der Waals surface area contributed by atoms with E-state index in [1.54, 1.807) is 6.08 Å². The molecule has 2 heterocycles. The number of carbonyl (C=O) groups excluding carboxylic acids is 2. The summed E-state index contributed by atoms with van der Waals surface area (Å²) in [6.45, 7) is 8.41. The van der Waals surface area contributed by atoms with Gasteiger partial charge in [0.2, 0.25) is 0 Å². The summed E-state index contributed by atoms with van der Waals surface area (Å²) in [5.41, 5.74) is 7.40. The van der Waals surface area contributed by atoms with Crippen LogP contribution in [0.2, 0.25) is 0 Å². The topological polar surface area (TPSA) is 74.8 Å². The standard InChI is InChI=1S/C31H40N4O3/c1-20-13-21(2)28(30(36)14-20)18-33-31(37)27-15-24(23-7-8-25(32-17-23)19-34(4)5)16-29(22(27)3)35(6)26-9-11-38-12-10-26/h7-8,13-17,26,28H,9-12,18-19H2,1-6H3,(H,33,37). The van der Waals surface area contributed by atoms with E-state index in [2.05, 4.69) is 39.3 Å². The number of anilines is 1. The maximum absolute atomic E-state index is 13.6. The van der Waals surface area contributed by atoms with Gasteiger partial charge in [0, 0.05) is 62.4 Å². The Labute approximate surface area is 226 Å². The molecule has 38 heavy (non-hydrogen) atoms. The Hall–Kier alpha value is -3.29. The summed E-state index contributed by atoms with van der Waals surface area (Å²) in [5, 5.41) is 3.05. The van der Waals surface area contributed by atoms with Gasteiger partial charge in [-0.2, -0.15) is 0 Å². The third kappa shape index (κ3) is 6.40. The van der Waals surface area contributed by atoms with Crippen LogP contribution in [-0.4, -0.2) is 68.5 Å². The largest absolute Gasteiger partial charge is 0.381 e. The van der Waals surface area contributed by atoms with Crippen molar-refractivity contribution in [2.45, 2.75) is 46.2 Å². The van der Waals surface area contributed by atoms with Gasteiger partial charge in [-0.3, -0.25) is 14.6 Å². The van der Waals surface area contributed by atoms with Crippen LogP contribution in [0.5, 0.6) is 0 Å². The number of ketones is 1. The fourth-order valence-corrected chi connectivity index (χ4v) is 5.35. The van der Waals surface area contributed by atoms with Crippen molar-refractivity contribution in [3.05, 3.63) is 70.6 Å². The summed E-state index contributed by atoms with van der Waals surface area (Å²) in [6, 6.07) is 8.56. The number of ether oxygens (including phenoxy) is 1. The van der Waals surface area contributed by atoms with Gasteiger partial charge in [-0.1, -0.05) is 17.7 Å². The Balaban J connectivity index is 1.65. The van der Waals surface area contributed by atoms with E-state index in [9.17, 15) is 9.59 Å². The summed E-state index contributed by atoms with van der Waals surface area (Å²) >= 11 is 0. The van der Waals surface area contributed by atoms with E-state index in [0.29, 0.717) is 11.6 Å². The average Bonchev–Trinajstić information content (AvgIpc) is 2.88. The van der Waals surface area contributed by atoms with Crippen LogP contribution in [0, 0.1) is 12.8 Å². The summed E-state index contributed by atoms with van der Waals surface area (Å²) in [4.78, 5) is 35.2. The van der Waals surface area contributed by atoms with Crippen LogP contribution in [0.25, 0.3) is 11.1 Å². The lowest BCUT2D eigenvalue weighted by Gasteiger charge is -2.34. The Morgan fingerprint density at radius 2 is 1.79 bits per heavy atom. The molecule has 1 fully saturated rings. The van der Waals surface area contributed by atoms with E-state index in [0.717, 1.165) is 71.8 Å². The predicted octanol–water partition coefficient (Wildman–Crippen LogP) is 4.56. The Bertz CT molecular complexity index is 1240. The molecule has 7 nitrogen and oxygen atoms in total. The minimum Gasteiger partial charge on any atom is -0.381 e. The van der Waals surface area contributed by atoms with Crippen LogP contribution < -0.4 is 10.2 Å². The maximum Gasteiger partial charge on any atom is 0.251 e. The molecule has 202 valence electrons. The van der Waals surface area contributed by atoms with E-state index in [1.165, 1.54) is 0 Å². The number of hydrogen-bond acceptors (Lipinski definition) is 6. The second-order valence-corrected chi connectivity index (χ2v) is 10.8. The number of nitrogens with one attached hydrogen (secondary N) is 1. The van der Waals surface area contributed by atoms with Crippen molar-refractivity contribution >= 4 is 17.4 Å². The van der Waals surface area contributed by atoms with Crippen molar-refractivity contribution in [3.8, 4) is 11.1 Å². The predicted molar refractivity (Wildman–Crippen MR) is 152 cm³/mol. The van der Waals surface area contributed by atoms with Crippen LogP contribution in [0.4, 0.5) is 5.69 Å². The number of carbonyl (C=O) groups is 2. The zero-order valence-electron chi connectivity index (χ0n) is 23.5. The van der Waals surface area contributed by atoms with Gasteiger partial charge >= 0.3 is 0 Å². The Morgan fingerprint density at radius 1 is 1.05 bits per heavy atom. The minimum atomic E-state index is -0.330. The zero-order chi connectivity index (χ0) is 27.4. The van der Waals surface area contributed by atoms with Gasteiger partial charge in [0.05, 0.1) is 11.6 Å². The molecule has 2 aromatic rings. The fourth-order valence-electron chi connectivity index (χ4n) is 5.35. The summed E-state index contributed by atoms with van der Waals surface area (Å²) in [6.07, 6.45) is 7.45. The molecule has 1 saturated heterocycles. The number of allylic oxidation sites excluding steroid dienone is 3. The Kier molecular flexibility index (Phi) is 8.80. The number of nitrogens with zero attached hydrogens (tertiary/aromatic N) is 3. The van der Waals surface area contributed by atoms with Crippen molar-refractivity contribution in [2.24, 2.45) is 5.92 Å². The number of aromatic nitrogens is 1. The van der Waals surface area contributed by atoms with E-state index in [1.807, 2.05) is 59.3 Å². The number of benzene rings is 1. The molecule has 0 saturated carbocycles. The summed E-state index contributed by atoms with van der Waals surface area (Å²) in [5.74, 6) is -0.462. The van der Waals surface area contributed by atoms with E-state index in [-0.39, 0.29) is 24.2 Å². The SMILES string of the molecule is CC1=CC(=O)C(CNC(=O)c2cc(-c3ccc(CN(C)C)nc3)cc(N(C)C3CCOCC3)c2C)C(C)=C1. The molecule has 1 aromatic heterocycles. The average molecular weight is 517 g/mol. The lowest BCUT2D eigenvalue weighted by Crippen LogP contribution is -2.38. The lowest BCUT2D eigenvalue weighted by molar-refractivity contribution is -0.117. The molecule has 0 bridgehead atoms. The molecule has 1 aliphatic heterocycles. The normalized spacial score (nSPS) is 18.3. The highest BCUT2D eigenvalue weighted by molar-refractivity contribution is 6.00. The molecule has 1 atom stereocenters. The van der Waals surface area contributed by atoms with Crippen LogP contribution >= 0.6 is 0 Å². The Morgan fingerprint density at radius 3 is 2.42 bits per heavy atom. The molecule has 1 N–H and O–H groups in total. The molecular formula is C31H40N4O3. The molecule has 1 unspecified atom stereocenters. The third-order valence-corrected chi connectivity index (χ3v) is 7.56. The molecule has 2 aliphatic rings. The number of hydrogen-bond donors (Lipinski definition) is 1. The molecule has 7 heteroatoms. The first-order valence-electron chi connectivity index (χ1n) is 13.4. The van der Waals surface area contributed by atoms with Gasteiger partial charge in [-0.05, 0) is 88.7 Å². The monoisotopic (exact) mass is 516 g/mol. The second kappa shape index (κ2) is 12.0. The van der Waals surface area contributed by atoms with Gasteiger partial charge < -0.3 is 19.9 Å². The second-order valence-electron chi connectivity index (χ2n) is 10.8. The molecule has 4 rings (SSSR count). The first kappa shape index (κ1) is 27.7. The van der Waals surface area contributed by atoms with Crippen molar-refractivity contribution < 1.29 is 14.3 Å². The maximum atomic E-state index is 13.6. The van der Waals surface area contributed by atoms with Gasteiger partial charge in [0.25, 0.3) is 5.91 Å². The third-order valence-electron chi connectivity index (χ3n) is 7.56. The summed E-state index contributed by atoms with van der Waals surface area (Å²) in [7, 11) is 6.15. The van der Waals surface area contributed by atoms with Crippen molar-refractivity contribution in [1.29, 1.82) is 0 Å². The van der Waals surface area contributed by atoms with Crippen molar-refractivity contribution in [1.82, 2.24) is 15.2 Å². The van der Waals surface area contributed by atoms with Gasteiger partial charge in [0.15, 0.2) is 5.78 Å². The minimum absolute atomic E-state index is 0.0390. The molecule has 1 aromatic carbocycles. The molecule has 1 amide bonds. The van der Waals surface area contributed by atoms with Crippen LogP contribution in [-0.2, 0) is 16.1 Å². The highest BCUT2D eigenvalue weighted by atomic mass is 16.5. The molecule has 0 radical (unpaired) electrons. The molecule has 1 aliphatic carbocycles. The van der Waals surface area contributed by atoms with Gasteiger partial charge in [0.1, 0.15) is 0 Å². The zero-order valence-corrected chi connectivity index (χ0v) is 23.5. The highest BCUT2D eigenvalue weighted by Gasteiger charge is 2.26. The van der Waals surface area contributed by atoms with Gasteiger partial charge in [-0.15, -0.1) is 0 Å². The molecular weight excluding hydrogens is 476 g/mol. The van der Waals surface area contributed by atoms with Crippen LogP contribution in [0.1, 0.15) is 48.3 Å². The smallest absolute Gasteiger partial charge is 0.251 e. The van der Waals surface area contributed by atoms with E-state index < -0.39 is 0 Å². The van der Waals surface area contributed by atoms with E-state index >= 15 is 0 Å². The van der Waals surface area contributed by atoms with Gasteiger partial charge in [-0.25, -0.2) is 0 Å². The number of amides is 1. The number of pyridine rings is 1. The van der Waals surface area contributed by atoms with Crippen molar-refractivity contribution in [3.63, 3.8) is 0 Å². The van der Waals surface area contributed by atoms with E-state index in [4.69, 9.17) is 4.74 Å². The fraction of sp³-hybridized carbons (Fsp3) is 0.452. The summed E-state index contributed by atoms with van der Waals surface area (Å²) < 4.78 is 5.58.